The lowest BCUT2D eigenvalue weighted by molar-refractivity contribution is -0.131. The van der Waals surface area contributed by atoms with Gasteiger partial charge in [-0.3, -0.25) is 4.68 Å². The third kappa shape index (κ3) is 3.09. The van der Waals surface area contributed by atoms with E-state index in [1.54, 1.807) is 10.8 Å². The predicted octanol–water partition coefficient (Wildman–Crippen LogP) is 1.77. The Hall–Kier alpha value is -1.84. The van der Waals surface area contributed by atoms with Crippen molar-refractivity contribution in [2.24, 2.45) is 7.05 Å². The molecule has 0 bridgehead atoms. The van der Waals surface area contributed by atoms with Gasteiger partial charge in [0, 0.05) is 24.9 Å². The molecule has 1 aromatic rings. The highest BCUT2D eigenvalue weighted by Gasteiger charge is 2.03. The molecule has 4 heteroatoms. The second-order valence-corrected chi connectivity index (χ2v) is 3.35. The van der Waals surface area contributed by atoms with Gasteiger partial charge in [0.05, 0.1) is 5.69 Å². The van der Waals surface area contributed by atoms with Crippen LogP contribution in [0.5, 0.6) is 0 Å². The maximum atomic E-state index is 10.3. The minimum atomic E-state index is -0.943. The maximum absolute atomic E-state index is 10.3. The average Bonchev–Trinajstić information content (AvgIpc) is 2.44. The zero-order chi connectivity index (χ0) is 11.4. The summed E-state index contributed by atoms with van der Waals surface area (Å²) < 4.78 is 1.74. The molecule has 1 N–H and O–H groups in total. The molecule has 1 rings (SSSR count). The van der Waals surface area contributed by atoms with Crippen LogP contribution in [-0.2, 0) is 11.8 Å². The van der Waals surface area contributed by atoms with E-state index in [9.17, 15) is 4.79 Å². The van der Waals surface area contributed by atoms with Crippen molar-refractivity contribution in [1.29, 1.82) is 0 Å². The lowest BCUT2D eigenvalue weighted by atomic mass is 10.1. The Morgan fingerprint density at radius 2 is 2.27 bits per heavy atom. The van der Waals surface area contributed by atoms with E-state index < -0.39 is 5.97 Å². The first-order valence-corrected chi connectivity index (χ1v) is 4.59. The van der Waals surface area contributed by atoms with Crippen LogP contribution in [0.1, 0.15) is 18.2 Å². The molecule has 1 heterocycles. The molecule has 0 spiro atoms. The molecule has 0 aromatic carbocycles. The van der Waals surface area contributed by atoms with Gasteiger partial charge in [-0.25, -0.2) is 4.79 Å². The first-order chi connectivity index (χ1) is 7.00. The van der Waals surface area contributed by atoms with Crippen LogP contribution < -0.4 is 0 Å². The van der Waals surface area contributed by atoms with Crippen molar-refractivity contribution in [3.8, 4) is 0 Å². The highest BCUT2D eigenvalue weighted by atomic mass is 16.4. The highest BCUT2D eigenvalue weighted by Crippen LogP contribution is 2.16. The SMILES string of the molecule is C/C(=C/C=C/C(=O)O)c1cn(C)nc1C. The largest absolute Gasteiger partial charge is 0.478 e. The highest BCUT2D eigenvalue weighted by molar-refractivity contribution is 5.80. The molecule has 0 atom stereocenters. The average molecular weight is 206 g/mol. The van der Waals surface area contributed by atoms with Crippen LogP contribution in [0.2, 0.25) is 0 Å². The maximum Gasteiger partial charge on any atom is 0.328 e. The third-order valence-electron chi connectivity index (χ3n) is 2.02. The van der Waals surface area contributed by atoms with E-state index in [-0.39, 0.29) is 0 Å². The van der Waals surface area contributed by atoms with E-state index in [2.05, 4.69) is 5.10 Å². The summed E-state index contributed by atoms with van der Waals surface area (Å²) in [5.41, 5.74) is 2.97. The second kappa shape index (κ2) is 4.59. The first kappa shape index (κ1) is 11.2. The van der Waals surface area contributed by atoms with Crippen molar-refractivity contribution < 1.29 is 9.90 Å². The molecule has 0 amide bonds. The summed E-state index contributed by atoms with van der Waals surface area (Å²) in [6.45, 7) is 3.85. The van der Waals surface area contributed by atoms with E-state index in [1.807, 2.05) is 27.1 Å². The molecular formula is C11H14N2O2. The Morgan fingerprint density at radius 1 is 1.60 bits per heavy atom. The van der Waals surface area contributed by atoms with Gasteiger partial charge >= 0.3 is 5.97 Å². The van der Waals surface area contributed by atoms with Gasteiger partial charge in [-0.15, -0.1) is 0 Å². The van der Waals surface area contributed by atoms with Gasteiger partial charge in [0.15, 0.2) is 0 Å². The molecule has 0 saturated carbocycles. The summed E-state index contributed by atoms with van der Waals surface area (Å²) in [5.74, 6) is -0.943. The summed E-state index contributed by atoms with van der Waals surface area (Å²) in [6.07, 6.45) is 6.30. The molecule has 0 fully saturated rings. The van der Waals surface area contributed by atoms with Crippen molar-refractivity contribution in [2.45, 2.75) is 13.8 Å². The number of hydrogen-bond acceptors (Lipinski definition) is 2. The van der Waals surface area contributed by atoms with E-state index >= 15 is 0 Å². The van der Waals surface area contributed by atoms with Crippen molar-refractivity contribution in [3.63, 3.8) is 0 Å². The van der Waals surface area contributed by atoms with Gasteiger partial charge in [-0.1, -0.05) is 12.2 Å². The number of aryl methyl sites for hydroxylation is 2. The molecule has 15 heavy (non-hydrogen) atoms. The number of hydrogen-bond donors (Lipinski definition) is 1. The van der Waals surface area contributed by atoms with Crippen LogP contribution in [0.15, 0.2) is 24.4 Å². The molecule has 80 valence electrons. The monoisotopic (exact) mass is 206 g/mol. The topological polar surface area (TPSA) is 55.1 Å². The summed E-state index contributed by atoms with van der Waals surface area (Å²) in [7, 11) is 1.86. The Bertz CT molecular complexity index is 428. The normalized spacial score (nSPS) is 12.3. The van der Waals surface area contributed by atoms with Crippen molar-refractivity contribution in [1.82, 2.24) is 9.78 Å². The van der Waals surface area contributed by atoms with Crippen molar-refractivity contribution >= 4 is 11.5 Å². The lowest BCUT2D eigenvalue weighted by Crippen LogP contribution is -1.86. The minimum Gasteiger partial charge on any atom is -0.478 e. The van der Waals surface area contributed by atoms with Gasteiger partial charge in [0.2, 0.25) is 0 Å². The number of allylic oxidation sites excluding steroid dienone is 3. The molecule has 0 aliphatic carbocycles. The number of aliphatic carboxylic acids is 1. The summed E-state index contributed by atoms with van der Waals surface area (Å²) >= 11 is 0. The van der Waals surface area contributed by atoms with Crippen LogP contribution in [0.4, 0.5) is 0 Å². The van der Waals surface area contributed by atoms with Crippen LogP contribution in [-0.4, -0.2) is 20.9 Å². The second-order valence-electron chi connectivity index (χ2n) is 3.35. The van der Waals surface area contributed by atoms with E-state index in [4.69, 9.17) is 5.11 Å². The van der Waals surface area contributed by atoms with E-state index in [0.717, 1.165) is 22.9 Å². The molecular weight excluding hydrogens is 192 g/mol. The zero-order valence-corrected chi connectivity index (χ0v) is 9.06. The van der Waals surface area contributed by atoms with Gasteiger partial charge in [-0.2, -0.15) is 5.10 Å². The van der Waals surface area contributed by atoms with Gasteiger partial charge in [-0.05, 0) is 19.4 Å². The standard InChI is InChI=1S/C11H14N2O2/c1-8(5-4-6-11(14)15)10-7-13(3)12-9(10)2/h4-7H,1-3H3,(H,14,15)/b6-4+,8-5-. The molecule has 0 saturated heterocycles. The summed E-state index contributed by atoms with van der Waals surface area (Å²) in [6, 6.07) is 0. The first-order valence-electron chi connectivity index (χ1n) is 4.59. The van der Waals surface area contributed by atoms with Crippen molar-refractivity contribution in [3.05, 3.63) is 35.7 Å². The molecule has 0 radical (unpaired) electrons. The van der Waals surface area contributed by atoms with Gasteiger partial charge in [0.25, 0.3) is 0 Å². The third-order valence-corrected chi connectivity index (χ3v) is 2.02. The number of aromatic nitrogens is 2. The van der Waals surface area contributed by atoms with Crippen LogP contribution >= 0.6 is 0 Å². The number of carbonyl (C=O) groups is 1. The minimum absolute atomic E-state index is 0.940. The predicted molar refractivity (Wildman–Crippen MR) is 58.4 cm³/mol. The Labute approximate surface area is 88.5 Å². The van der Waals surface area contributed by atoms with Crippen molar-refractivity contribution in [2.75, 3.05) is 0 Å². The van der Waals surface area contributed by atoms with E-state index in [1.165, 1.54) is 6.08 Å². The molecule has 0 aliphatic heterocycles. The Morgan fingerprint density at radius 3 is 2.73 bits per heavy atom. The molecule has 0 unspecified atom stereocenters. The van der Waals surface area contributed by atoms with Gasteiger partial charge < -0.3 is 5.11 Å². The quantitative estimate of drug-likeness (QED) is 0.605. The molecule has 0 aliphatic rings. The van der Waals surface area contributed by atoms with E-state index in [0.29, 0.717) is 0 Å². The van der Waals surface area contributed by atoms with Crippen LogP contribution in [0.3, 0.4) is 0 Å². The van der Waals surface area contributed by atoms with Gasteiger partial charge in [0.1, 0.15) is 0 Å². The Balaban J connectivity index is 2.89. The molecule has 1 aromatic heterocycles. The fraction of sp³-hybridized carbons (Fsp3) is 0.273. The number of carboxylic acid groups (broad SMARTS) is 1. The molecule has 4 nitrogen and oxygen atoms in total. The number of nitrogens with zero attached hydrogens (tertiary/aromatic N) is 2. The van der Waals surface area contributed by atoms with Crippen LogP contribution in [0, 0.1) is 6.92 Å². The zero-order valence-electron chi connectivity index (χ0n) is 9.06. The fourth-order valence-corrected chi connectivity index (χ4v) is 1.35. The lowest BCUT2D eigenvalue weighted by Gasteiger charge is -1.95. The number of carboxylic acids is 1. The Kier molecular flexibility index (Phi) is 3.44. The van der Waals surface area contributed by atoms with Crippen LogP contribution in [0.25, 0.3) is 5.57 Å². The fourth-order valence-electron chi connectivity index (χ4n) is 1.35. The summed E-state index contributed by atoms with van der Waals surface area (Å²) in [5, 5.41) is 12.6. The smallest absolute Gasteiger partial charge is 0.328 e. The number of rotatable bonds is 3. The summed E-state index contributed by atoms with van der Waals surface area (Å²) in [4.78, 5) is 10.3.